The molecule has 0 fully saturated rings. The lowest BCUT2D eigenvalue weighted by molar-refractivity contribution is -0.384. The number of nitrogens with one attached hydrogen (secondary N) is 1. The van der Waals surface area contributed by atoms with Gasteiger partial charge in [0.15, 0.2) is 12.2 Å². The summed E-state index contributed by atoms with van der Waals surface area (Å²) >= 11 is 0. The smallest absolute Gasteiger partial charge is 0.340 e. The summed E-state index contributed by atoms with van der Waals surface area (Å²) in [5.74, 6) is -5.04. The summed E-state index contributed by atoms with van der Waals surface area (Å²) in [6.45, 7) is -1.74. The minimum atomic E-state index is -4.48. The van der Waals surface area contributed by atoms with Crippen molar-refractivity contribution < 1.29 is 27.2 Å². The van der Waals surface area contributed by atoms with Gasteiger partial charge < -0.3 is 10.1 Å². The molecule has 12 heteroatoms. The third-order valence-electron chi connectivity index (χ3n) is 2.71. The second kappa shape index (κ2) is 8.31. The molecule has 1 N–H and O–H groups in total. The van der Waals surface area contributed by atoms with Crippen LogP contribution >= 0.6 is 0 Å². The topological polar surface area (TPSA) is 136 Å². The first kappa shape index (κ1) is 20.2. The lowest BCUT2D eigenvalue weighted by Gasteiger charge is -2.16. The second-order valence-electron chi connectivity index (χ2n) is 4.53. The fraction of sp³-hybridized carbons (Fsp3) is 0.214. The highest BCUT2D eigenvalue weighted by atomic mass is 19.3. The van der Waals surface area contributed by atoms with Crippen LogP contribution in [-0.2, 0) is 0 Å². The first-order valence-corrected chi connectivity index (χ1v) is 6.44. The van der Waals surface area contributed by atoms with Gasteiger partial charge >= 0.3 is 12.3 Å². The van der Waals surface area contributed by atoms with Gasteiger partial charge in [0, 0.05) is 17.8 Å². The van der Waals surface area contributed by atoms with Crippen molar-refractivity contribution in [3.63, 3.8) is 0 Å². The highest BCUT2D eigenvalue weighted by Gasteiger charge is 2.41. The Bertz CT molecular complexity index is 849. The predicted octanol–water partition coefficient (Wildman–Crippen LogP) is 3.11. The Morgan fingerprint density at radius 2 is 1.85 bits per heavy atom. The molecule has 0 saturated heterocycles. The molecular formula is C14H7F4N5O3. The third kappa shape index (κ3) is 5.08. The van der Waals surface area contributed by atoms with Gasteiger partial charge in [-0.15, -0.1) is 0 Å². The Labute approximate surface area is 143 Å². The minimum Gasteiger partial charge on any atom is -0.487 e. The van der Waals surface area contributed by atoms with Crippen molar-refractivity contribution in [3.05, 3.63) is 39.6 Å². The third-order valence-corrected chi connectivity index (χ3v) is 2.71. The molecule has 8 nitrogen and oxygen atoms in total. The van der Waals surface area contributed by atoms with Crippen LogP contribution in [0.1, 0.15) is 0 Å². The van der Waals surface area contributed by atoms with Crippen LogP contribution in [0, 0.1) is 44.1 Å². The van der Waals surface area contributed by atoms with E-state index in [-0.39, 0.29) is 5.69 Å². The molecule has 26 heavy (non-hydrogen) atoms. The number of nitro groups is 1. The van der Waals surface area contributed by atoms with E-state index in [1.165, 1.54) is 18.2 Å². The van der Waals surface area contributed by atoms with Crippen molar-refractivity contribution in [1.82, 2.24) is 0 Å². The van der Waals surface area contributed by atoms with Crippen molar-refractivity contribution in [2.45, 2.75) is 12.3 Å². The van der Waals surface area contributed by atoms with Gasteiger partial charge in [-0.2, -0.15) is 24.6 Å². The molecule has 0 aromatic heterocycles. The number of hydrogen-bond acceptors (Lipinski definition) is 7. The summed E-state index contributed by atoms with van der Waals surface area (Å²) in [6, 6.07) is 6.79. The fourth-order valence-electron chi connectivity index (χ4n) is 1.51. The zero-order valence-corrected chi connectivity index (χ0v) is 12.5. The largest absolute Gasteiger partial charge is 0.487 e. The van der Waals surface area contributed by atoms with E-state index in [9.17, 15) is 27.7 Å². The number of anilines is 1. The molecule has 0 radical (unpaired) electrons. The average molecular weight is 369 g/mol. The molecule has 0 aliphatic heterocycles. The number of nitriles is 3. The number of halogens is 4. The van der Waals surface area contributed by atoms with E-state index in [4.69, 9.17) is 15.8 Å². The van der Waals surface area contributed by atoms with Crippen LogP contribution in [0.2, 0.25) is 0 Å². The Morgan fingerprint density at radius 1 is 1.23 bits per heavy atom. The summed E-state index contributed by atoms with van der Waals surface area (Å²) in [4.78, 5) is 9.97. The van der Waals surface area contributed by atoms with Gasteiger partial charge in [-0.05, 0) is 0 Å². The number of nitrogens with zero attached hydrogens (tertiary/aromatic N) is 4. The maximum atomic E-state index is 12.9. The standard InChI is InChI=1S/C14H7F4N5O3/c15-13(16)14(17,18)7-26-11-2-9(1-10(3-11)23(24)25)22-12(6-21)8(4-19)5-20/h1-3,13,22H,7H2. The van der Waals surface area contributed by atoms with Crippen LogP contribution in [0.5, 0.6) is 5.75 Å². The van der Waals surface area contributed by atoms with Gasteiger partial charge in [-0.3, -0.25) is 10.1 Å². The van der Waals surface area contributed by atoms with Crippen LogP contribution in [-0.4, -0.2) is 23.9 Å². The second-order valence-corrected chi connectivity index (χ2v) is 4.53. The normalized spacial score (nSPS) is 10.2. The van der Waals surface area contributed by atoms with Crippen LogP contribution in [0.4, 0.5) is 28.9 Å². The van der Waals surface area contributed by atoms with E-state index >= 15 is 0 Å². The molecular weight excluding hydrogens is 362 g/mol. The summed E-state index contributed by atoms with van der Waals surface area (Å²) in [6.07, 6.45) is -4.00. The molecule has 0 aliphatic rings. The van der Waals surface area contributed by atoms with Crippen LogP contribution < -0.4 is 10.1 Å². The molecule has 0 saturated carbocycles. The summed E-state index contributed by atoms with van der Waals surface area (Å²) in [7, 11) is 0. The number of hydrogen-bond donors (Lipinski definition) is 1. The summed E-state index contributed by atoms with van der Waals surface area (Å²) < 4.78 is 54.6. The fourth-order valence-corrected chi connectivity index (χ4v) is 1.51. The average Bonchev–Trinajstić information content (AvgIpc) is 2.59. The lowest BCUT2D eigenvalue weighted by atomic mass is 10.2. The number of benzene rings is 1. The molecule has 0 heterocycles. The maximum absolute atomic E-state index is 12.9. The van der Waals surface area contributed by atoms with Gasteiger partial charge in [0.05, 0.1) is 11.0 Å². The first-order chi connectivity index (χ1) is 12.1. The van der Waals surface area contributed by atoms with E-state index in [0.29, 0.717) is 6.07 Å². The summed E-state index contributed by atoms with van der Waals surface area (Å²) in [5.41, 5.74) is -2.11. The SMILES string of the molecule is N#CC(C#N)=C(C#N)Nc1cc(OCC(F)(F)C(F)F)cc([N+](=O)[O-])c1. The molecule has 1 aromatic rings. The Balaban J connectivity index is 3.23. The van der Waals surface area contributed by atoms with E-state index in [2.05, 4.69) is 10.1 Å². The number of ether oxygens (including phenoxy) is 1. The quantitative estimate of drug-likeness (QED) is 0.337. The lowest BCUT2D eigenvalue weighted by Crippen LogP contribution is -2.33. The highest BCUT2D eigenvalue weighted by molar-refractivity contribution is 5.63. The van der Waals surface area contributed by atoms with Crippen molar-refractivity contribution in [2.24, 2.45) is 0 Å². The molecule has 0 amide bonds. The minimum absolute atomic E-state index is 0.255. The van der Waals surface area contributed by atoms with Gasteiger partial charge in [0.1, 0.15) is 29.7 Å². The molecule has 0 aliphatic carbocycles. The molecule has 1 aromatic carbocycles. The Kier molecular flexibility index (Phi) is 6.45. The molecule has 0 spiro atoms. The van der Waals surface area contributed by atoms with E-state index in [0.717, 1.165) is 12.1 Å². The number of rotatable bonds is 7. The number of nitro benzene ring substituents is 1. The van der Waals surface area contributed by atoms with Crippen LogP contribution in [0.3, 0.4) is 0 Å². The Hall–Kier alpha value is -3.85. The monoisotopic (exact) mass is 369 g/mol. The zero-order valence-electron chi connectivity index (χ0n) is 12.5. The predicted molar refractivity (Wildman–Crippen MR) is 77.0 cm³/mol. The van der Waals surface area contributed by atoms with Crippen molar-refractivity contribution >= 4 is 11.4 Å². The molecule has 134 valence electrons. The number of allylic oxidation sites excluding steroid dienone is 2. The zero-order chi connectivity index (χ0) is 19.9. The molecule has 0 bridgehead atoms. The molecule has 0 unspecified atom stereocenters. The van der Waals surface area contributed by atoms with Gasteiger partial charge in [0.2, 0.25) is 0 Å². The van der Waals surface area contributed by atoms with E-state index < -0.39 is 46.6 Å². The van der Waals surface area contributed by atoms with Crippen molar-refractivity contribution in [2.75, 3.05) is 11.9 Å². The maximum Gasteiger partial charge on any atom is 0.340 e. The van der Waals surface area contributed by atoms with Gasteiger partial charge in [0.25, 0.3) is 5.69 Å². The number of non-ortho nitro benzene ring substituents is 1. The summed E-state index contributed by atoms with van der Waals surface area (Å²) in [5, 5.41) is 39.5. The highest BCUT2D eigenvalue weighted by Crippen LogP contribution is 2.29. The van der Waals surface area contributed by atoms with Gasteiger partial charge in [-0.1, -0.05) is 0 Å². The van der Waals surface area contributed by atoms with E-state index in [1.54, 1.807) is 0 Å². The van der Waals surface area contributed by atoms with E-state index in [1.807, 2.05) is 0 Å². The molecule has 0 atom stereocenters. The first-order valence-electron chi connectivity index (χ1n) is 6.44. The Morgan fingerprint density at radius 3 is 2.31 bits per heavy atom. The van der Waals surface area contributed by atoms with Crippen LogP contribution in [0.25, 0.3) is 0 Å². The molecule has 1 rings (SSSR count). The van der Waals surface area contributed by atoms with Gasteiger partial charge in [-0.25, -0.2) is 8.78 Å². The van der Waals surface area contributed by atoms with Crippen molar-refractivity contribution in [3.8, 4) is 24.0 Å². The van der Waals surface area contributed by atoms with Crippen LogP contribution in [0.15, 0.2) is 29.5 Å². The number of alkyl halides is 4. The van der Waals surface area contributed by atoms with Crippen molar-refractivity contribution in [1.29, 1.82) is 15.8 Å².